The molecule has 3 aromatic heterocycles. The number of carbonyl (C=O) groups is 1. The molecule has 0 aliphatic heterocycles. The van der Waals surface area contributed by atoms with Gasteiger partial charge in [0.15, 0.2) is 5.78 Å². The van der Waals surface area contributed by atoms with Gasteiger partial charge in [0, 0.05) is 30.6 Å². The predicted octanol–water partition coefficient (Wildman–Crippen LogP) is 2.00. The number of fused-ring (bicyclic) bond motifs is 3. The smallest absolute Gasteiger partial charge is 0.329 e. The van der Waals surface area contributed by atoms with Crippen LogP contribution in [-0.4, -0.2) is 20.3 Å². The molecule has 25 heavy (non-hydrogen) atoms. The highest BCUT2D eigenvalue weighted by Crippen LogP contribution is 2.34. The van der Waals surface area contributed by atoms with Crippen LogP contribution in [0.1, 0.15) is 47.4 Å². The minimum atomic E-state index is -0.496. The van der Waals surface area contributed by atoms with Crippen LogP contribution in [0.2, 0.25) is 0 Å². The Kier molecular flexibility index (Phi) is 3.63. The van der Waals surface area contributed by atoms with Crippen LogP contribution in [-0.2, 0) is 13.0 Å². The van der Waals surface area contributed by atoms with Crippen molar-refractivity contribution in [2.45, 2.75) is 38.6 Å². The van der Waals surface area contributed by atoms with Gasteiger partial charge in [0.2, 0.25) is 0 Å². The number of rotatable bonds is 3. The molecule has 3 heterocycles. The van der Waals surface area contributed by atoms with Gasteiger partial charge in [0.1, 0.15) is 11.4 Å². The molecule has 3 aromatic rings. The summed E-state index contributed by atoms with van der Waals surface area (Å²) < 4.78 is 6.91. The van der Waals surface area contributed by atoms with Gasteiger partial charge in [-0.25, -0.2) is 9.78 Å². The van der Waals surface area contributed by atoms with Gasteiger partial charge in [0.05, 0.1) is 11.6 Å². The van der Waals surface area contributed by atoms with Crippen molar-refractivity contribution in [2.75, 3.05) is 0 Å². The fourth-order valence-electron chi connectivity index (χ4n) is 3.56. The molecule has 4 rings (SSSR count). The molecule has 0 fully saturated rings. The Bertz CT molecular complexity index is 1080. The van der Waals surface area contributed by atoms with Crippen LogP contribution in [0, 0.1) is 0 Å². The quantitative estimate of drug-likeness (QED) is 0.787. The van der Waals surface area contributed by atoms with Gasteiger partial charge < -0.3 is 4.42 Å². The lowest BCUT2D eigenvalue weighted by Gasteiger charge is -2.23. The molecule has 0 aromatic carbocycles. The minimum absolute atomic E-state index is 0.0651. The molecule has 1 unspecified atom stereocenters. The van der Waals surface area contributed by atoms with E-state index >= 15 is 0 Å². The van der Waals surface area contributed by atoms with Crippen molar-refractivity contribution in [3.8, 4) is 0 Å². The molecule has 0 radical (unpaired) electrons. The zero-order valence-corrected chi connectivity index (χ0v) is 13.7. The van der Waals surface area contributed by atoms with Crippen LogP contribution in [0.3, 0.4) is 0 Å². The van der Waals surface area contributed by atoms with E-state index in [1.807, 2.05) is 13.0 Å². The zero-order chi connectivity index (χ0) is 17.6. The van der Waals surface area contributed by atoms with Crippen LogP contribution in [0.5, 0.6) is 0 Å². The Hall–Kier alpha value is -2.96. The van der Waals surface area contributed by atoms with Crippen molar-refractivity contribution in [2.24, 2.45) is 0 Å². The van der Waals surface area contributed by atoms with Crippen LogP contribution in [0.15, 0.2) is 38.6 Å². The number of carbonyl (C=O) groups excluding carboxylic acids is 1. The Morgan fingerprint density at radius 1 is 1.32 bits per heavy atom. The van der Waals surface area contributed by atoms with Crippen LogP contribution < -0.4 is 11.2 Å². The molecule has 0 bridgehead atoms. The summed E-state index contributed by atoms with van der Waals surface area (Å²) in [7, 11) is 0. The molecule has 0 saturated carbocycles. The van der Waals surface area contributed by atoms with Crippen LogP contribution in [0.4, 0.5) is 0 Å². The number of Topliss-reactive ketones (excluding diaryl/α,β-unsaturated/α-hetero) is 1. The second-order valence-corrected chi connectivity index (χ2v) is 6.30. The standard InChI is InChI=1S/C18H17N3O4/c1-2-5-21-16-15(17(23)20-18(21)24)11-7-10(14-4-3-6-25-14)8-13(22)12(11)9-19-16/h3-4,6,9-10H,2,5,7-8H2,1H3,(H,20,23,24). The normalized spacial score (nSPS) is 17.0. The van der Waals surface area contributed by atoms with E-state index in [4.69, 9.17) is 4.42 Å². The highest BCUT2D eigenvalue weighted by molar-refractivity contribution is 6.02. The number of H-pyrrole nitrogens is 1. The Morgan fingerprint density at radius 3 is 2.88 bits per heavy atom. The number of furan rings is 1. The first-order valence-electron chi connectivity index (χ1n) is 8.31. The van der Waals surface area contributed by atoms with Gasteiger partial charge in [-0.3, -0.25) is 19.1 Å². The summed E-state index contributed by atoms with van der Waals surface area (Å²) in [5.41, 5.74) is 0.472. The largest absolute Gasteiger partial charge is 0.469 e. The van der Waals surface area contributed by atoms with Crippen molar-refractivity contribution in [1.29, 1.82) is 0 Å². The number of nitrogens with one attached hydrogen (secondary N) is 1. The monoisotopic (exact) mass is 339 g/mol. The third-order valence-electron chi connectivity index (χ3n) is 4.69. The summed E-state index contributed by atoms with van der Waals surface area (Å²) in [5, 5.41) is 0.329. The van der Waals surface area contributed by atoms with Gasteiger partial charge in [-0.1, -0.05) is 6.92 Å². The average Bonchev–Trinajstić information content (AvgIpc) is 3.12. The van der Waals surface area contributed by atoms with Gasteiger partial charge in [-0.15, -0.1) is 0 Å². The van der Waals surface area contributed by atoms with E-state index < -0.39 is 11.2 Å². The van der Waals surface area contributed by atoms with Gasteiger partial charge in [-0.2, -0.15) is 0 Å². The highest BCUT2D eigenvalue weighted by Gasteiger charge is 2.31. The Morgan fingerprint density at radius 2 is 2.16 bits per heavy atom. The molecule has 0 amide bonds. The van der Waals surface area contributed by atoms with Crippen molar-refractivity contribution < 1.29 is 9.21 Å². The maximum atomic E-state index is 12.6. The molecular formula is C18H17N3O4. The van der Waals surface area contributed by atoms with E-state index in [1.54, 1.807) is 12.3 Å². The number of aromatic amines is 1. The maximum Gasteiger partial charge on any atom is 0.329 e. The van der Waals surface area contributed by atoms with E-state index in [1.165, 1.54) is 10.8 Å². The first-order valence-corrected chi connectivity index (χ1v) is 8.31. The van der Waals surface area contributed by atoms with Crippen molar-refractivity contribution >= 4 is 16.8 Å². The minimum Gasteiger partial charge on any atom is -0.469 e. The lowest BCUT2D eigenvalue weighted by molar-refractivity contribution is 0.0960. The van der Waals surface area contributed by atoms with Gasteiger partial charge >= 0.3 is 5.69 Å². The molecule has 7 nitrogen and oxygen atoms in total. The second-order valence-electron chi connectivity index (χ2n) is 6.30. The first-order chi connectivity index (χ1) is 12.1. The number of aryl methyl sites for hydroxylation is 1. The summed E-state index contributed by atoms with van der Waals surface area (Å²) in [5.74, 6) is 0.540. The van der Waals surface area contributed by atoms with Gasteiger partial charge in [0.25, 0.3) is 5.56 Å². The SMILES string of the molecule is CCCn1c(=O)[nH]c(=O)c2c3c(cnc21)C(=O)CC(c1ccco1)C3. The zero-order valence-electron chi connectivity index (χ0n) is 13.7. The molecular weight excluding hydrogens is 322 g/mol. The molecule has 7 heteroatoms. The molecule has 0 spiro atoms. The van der Waals surface area contributed by atoms with E-state index in [0.29, 0.717) is 41.5 Å². The topological polar surface area (TPSA) is 98.0 Å². The molecule has 1 N–H and O–H groups in total. The molecule has 1 aliphatic rings. The van der Waals surface area contributed by atoms with Crippen LogP contribution in [0.25, 0.3) is 11.0 Å². The van der Waals surface area contributed by atoms with E-state index in [9.17, 15) is 14.4 Å². The second kappa shape index (κ2) is 5.84. The van der Waals surface area contributed by atoms with Crippen molar-refractivity contribution in [3.05, 3.63) is 62.3 Å². The molecule has 1 atom stereocenters. The number of hydrogen-bond acceptors (Lipinski definition) is 5. The fourth-order valence-corrected chi connectivity index (χ4v) is 3.56. The first kappa shape index (κ1) is 15.6. The Balaban J connectivity index is 1.98. The van der Waals surface area contributed by atoms with Gasteiger partial charge in [-0.05, 0) is 30.5 Å². The molecule has 1 aliphatic carbocycles. The number of pyridine rings is 1. The van der Waals surface area contributed by atoms with E-state index in [-0.39, 0.29) is 11.7 Å². The number of aromatic nitrogens is 3. The van der Waals surface area contributed by atoms with E-state index in [2.05, 4.69) is 9.97 Å². The Labute approximate surface area is 142 Å². The van der Waals surface area contributed by atoms with Crippen molar-refractivity contribution in [3.63, 3.8) is 0 Å². The third-order valence-corrected chi connectivity index (χ3v) is 4.69. The average molecular weight is 339 g/mol. The van der Waals surface area contributed by atoms with E-state index in [0.717, 1.165) is 12.2 Å². The molecule has 128 valence electrons. The van der Waals surface area contributed by atoms with Crippen molar-refractivity contribution in [1.82, 2.24) is 14.5 Å². The molecule has 0 saturated heterocycles. The van der Waals surface area contributed by atoms with Crippen LogP contribution >= 0.6 is 0 Å². The summed E-state index contributed by atoms with van der Waals surface area (Å²) in [4.78, 5) is 43.8. The summed E-state index contributed by atoms with van der Waals surface area (Å²) in [6.07, 6.45) is 4.62. The number of ketones is 1. The summed E-state index contributed by atoms with van der Waals surface area (Å²) >= 11 is 0. The number of nitrogens with zero attached hydrogens (tertiary/aromatic N) is 2. The maximum absolute atomic E-state index is 12.6. The lowest BCUT2D eigenvalue weighted by atomic mass is 9.81. The highest BCUT2D eigenvalue weighted by atomic mass is 16.3. The summed E-state index contributed by atoms with van der Waals surface area (Å²) in [6.45, 7) is 2.39. The number of hydrogen-bond donors (Lipinski definition) is 1. The summed E-state index contributed by atoms with van der Waals surface area (Å²) in [6, 6.07) is 3.62. The lowest BCUT2D eigenvalue weighted by Crippen LogP contribution is -2.32. The third kappa shape index (κ3) is 2.43. The predicted molar refractivity (Wildman–Crippen MR) is 91.0 cm³/mol. The fraction of sp³-hybridized carbons (Fsp3) is 0.333.